The lowest BCUT2D eigenvalue weighted by Crippen LogP contribution is -2.67. The summed E-state index contributed by atoms with van der Waals surface area (Å²) in [6.07, 6.45) is 3.92. The van der Waals surface area contributed by atoms with Crippen LogP contribution in [0, 0.1) is 11.3 Å². The highest BCUT2D eigenvalue weighted by Crippen LogP contribution is 2.63. The van der Waals surface area contributed by atoms with Crippen molar-refractivity contribution in [3.63, 3.8) is 0 Å². The fourth-order valence-electron chi connectivity index (χ4n) is 6.24. The van der Waals surface area contributed by atoms with E-state index in [2.05, 4.69) is 23.1 Å². The van der Waals surface area contributed by atoms with E-state index in [0.717, 1.165) is 37.3 Å². The summed E-state index contributed by atoms with van der Waals surface area (Å²) in [6.45, 7) is 3.62. The Morgan fingerprint density at radius 1 is 1.46 bits per heavy atom. The molecular formula is C21H24N2O3. The zero-order valence-electron chi connectivity index (χ0n) is 15.2. The molecule has 1 saturated carbocycles. The number of aliphatic hydroxyl groups is 1. The normalized spacial score (nSPS) is 38.7. The second-order valence-corrected chi connectivity index (χ2v) is 7.96. The Morgan fingerprint density at radius 3 is 3.00 bits per heavy atom. The third-order valence-electron chi connectivity index (χ3n) is 7.32. The molecule has 1 aromatic rings. The molecule has 0 radical (unpaired) electrons. The number of fused-ring (bicyclic) bond motifs is 2. The summed E-state index contributed by atoms with van der Waals surface area (Å²) in [5.41, 5.74) is 2.86. The number of ether oxygens (including phenoxy) is 1. The van der Waals surface area contributed by atoms with Gasteiger partial charge in [-0.3, -0.25) is 14.7 Å². The second kappa shape index (κ2) is 5.27. The first-order valence-corrected chi connectivity index (χ1v) is 9.41. The van der Waals surface area contributed by atoms with Gasteiger partial charge < -0.3 is 9.84 Å². The first kappa shape index (κ1) is 16.2. The molecule has 1 spiro atoms. The lowest BCUT2D eigenvalue weighted by Gasteiger charge is -2.56. The minimum atomic E-state index is -1.08. The number of methoxy groups -OCH3 is 1. The lowest BCUT2D eigenvalue weighted by atomic mass is 9.50. The Bertz CT molecular complexity index is 861. The van der Waals surface area contributed by atoms with E-state index in [0.29, 0.717) is 6.04 Å². The van der Waals surface area contributed by atoms with Crippen molar-refractivity contribution in [2.75, 3.05) is 26.8 Å². The number of piperidine rings is 1. The van der Waals surface area contributed by atoms with E-state index in [1.807, 2.05) is 19.1 Å². The number of esters is 1. The zero-order valence-corrected chi connectivity index (χ0v) is 15.2. The van der Waals surface area contributed by atoms with E-state index in [9.17, 15) is 9.90 Å². The molecule has 3 heterocycles. The molecule has 2 saturated heterocycles. The minimum absolute atomic E-state index is 0.0505. The summed E-state index contributed by atoms with van der Waals surface area (Å²) in [5, 5.41) is 10.6. The molecule has 26 heavy (non-hydrogen) atoms. The SMILES string of the molecule is C/C=C1/CN2CCC34C(=Nc5ccccc53)[C@@](CO)(C(=O)OC)[C@H]1C[C@H]24. The molecule has 5 rings (SSSR count). The molecule has 1 aromatic carbocycles. The fraction of sp³-hybridized carbons (Fsp3) is 0.524. The van der Waals surface area contributed by atoms with Gasteiger partial charge in [-0.2, -0.15) is 0 Å². The predicted octanol–water partition coefficient (Wildman–Crippen LogP) is 2.22. The zero-order chi connectivity index (χ0) is 18.1. The van der Waals surface area contributed by atoms with Crippen molar-refractivity contribution in [2.45, 2.75) is 31.2 Å². The predicted molar refractivity (Wildman–Crippen MR) is 98.6 cm³/mol. The van der Waals surface area contributed by atoms with Crippen LogP contribution in [-0.2, 0) is 14.9 Å². The molecule has 1 N–H and O–H groups in total. The molecule has 0 aromatic heterocycles. The highest BCUT2D eigenvalue weighted by molar-refractivity contribution is 6.17. The van der Waals surface area contributed by atoms with Crippen molar-refractivity contribution in [1.82, 2.24) is 4.90 Å². The van der Waals surface area contributed by atoms with Crippen molar-refractivity contribution >= 4 is 17.4 Å². The molecule has 4 atom stereocenters. The first-order valence-electron chi connectivity index (χ1n) is 9.41. The van der Waals surface area contributed by atoms with Crippen molar-refractivity contribution in [1.29, 1.82) is 0 Å². The molecule has 0 amide bonds. The van der Waals surface area contributed by atoms with Crippen LogP contribution in [0.15, 0.2) is 40.9 Å². The highest BCUT2D eigenvalue weighted by Gasteiger charge is 2.70. The van der Waals surface area contributed by atoms with Crippen molar-refractivity contribution < 1.29 is 14.6 Å². The summed E-state index contributed by atoms with van der Waals surface area (Å²) in [7, 11) is 1.42. The highest BCUT2D eigenvalue weighted by atomic mass is 16.5. The number of carbonyl (C=O) groups is 1. The van der Waals surface area contributed by atoms with Crippen molar-refractivity contribution in [2.24, 2.45) is 16.3 Å². The number of nitrogens with zero attached hydrogens (tertiary/aromatic N) is 2. The molecular weight excluding hydrogens is 328 g/mol. The molecule has 4 aliphatic rings. The van der Waals surface area contributed by atoms with Gasteiger partial charge in [0.1, 0.15) is 5.41 Å². The number of allylic oxidation sites excluding steroid dienone is 1. The van der Waals surface area contributed by atoms with Gasteiger partial charge in [0, 0.05) is 25.0 Å². The van der Waals surface area contributed by atoms with Crippen LogP contribution in [0.25, 0.3) is 0 Å². The molecule has 3 aliphatic heterocycles. The summed E-state index contributed by atoms with van der Waals surface area (Å²) < 4.78 is 5.26. The van der Waals surface area contributed by atoms with Gasteiger partial charge in [0.2, 0.25) is 0 Å². The van der Waals surface area contributed by atoms with Crippen LogP contribution in [-0.4, -0.2) is 54.5 Å². The summed E-state index contributed by atoms with van der Waals surface area (Å²) in [4.78, 5) is 20.7. The average Bonchev–Trinajstić information content (AvgIpc) is 3.24. The van der Waals surface area contributed by atoms with Crippen LogP contribution < -0.4 is 0 Å². The van der Waals surface area contributed by atoms with Gasteiger partial charge in [-0.05, 0) is 31.4 Å². The van der Waals surface area contributed by atoms with Gasteiger partial charge in [-0.1, -0.05) is 29.8 Å². The number of hydrogen-bond donors (Lipinski definition) is 1. The van der Waals surface area contributed by atoms with E-state index < -0.39 is 5.41 Å². The lowest BCUT2D eigenvalue weighted by molar-refractivity contribution is -0.155. The van der Waals surface area contributed by atoms with Crippen LogP contribution in [0.4, 0.5) is 5.69 Å². The van der Waals surface area contributed by atoms with Crippen molar-refractivity contribution in [3.05, 3.63) is 41.5 Å². The van der Waals surface area contributed by atoms with E-state index in [1.165, 1.54) is 18.2 Å². The molecule has 5 nitrogen and oxygen atoms in total. The van der Waals surface area contributed by atoms with Crippen LogP contribution >= 0.6 is 0 Å². The largest absolute Gasteiger partial charge is 0.468 e. The van der Waals surface area contributed by atoms with E-state index in [-0.39, 0.29) is 23.9 Å². The average molecular weight is 352 g/mol. The summed E-state index contributed by atoms with van der Waals surface area (Å²) >= 11 is 0. The van der Waals surface area contributed by atoms with Crippen LogP contribution in [0.5, 0.6) is 0 Å². The maximum Gasteiger partial charge on any atom is 0.320 e. The Labute approximate surface area is 153 Å². The number of para-hydroxylation sites is 1. The maximum atomic E-state index is 13.1. The molecule has 1 aliphatic carbocycles. The first-order chi connectivity index (χ1) is 12.6. The minimum Gasteiger partial charge on any atom is -0.468 e. The number of rotatable bonds is 2. The number of aliphatic imine (C=N–C) groups is 1. The van der Waals surface area contributed by atoms with Crippen LogP contribution in [0.1, 0.15) is 25.3 Å². The van der Waals surface area contributed by atoms with Gasteiger partial charge in [-0.25, -0.2) is 0 Å². The Kier molecular flexibility index (Phi) is 3.29. The third-order valence-corrected chi connectivity index (χ3v) is 7.32. The molecule has 3 fully saturated rings. The number of aliphatic hydroxyl groups excluding tert-OH is 1. The third kappa shape index (κ3) is 1.60. The number of benzene rings is 1. The standard InChI is InChI=1S/C21H24N2O3/c1-3-13-11-23-9-8-20-14-6-4-5-7-16(14)22-18(20)21(12-24,19(25)26-2)15(13)10-17(20)23/h3-7,15,17,24H,8-12H2,1-2H3/b13-3-/t15-,17-,20?,21-/m0/s1. The van der Waals surface area contributed by atoms with Crippen LogP contribution in [0.2, 0.25) is 0 Å². The van der Waals surface area contributed by atoms with Gasteiger partial charge in [0.25, 0.3) is 0 Å². The molecule has 5 heteroatoms. The fourth-order valence-corrected chi connectivity index (χ4v) is 6.24. The smallest absolute Gasteiger partial charge is 0.320 e. The van der Waals surface area contributed by atoms with E-state index in [1.54, 1.807) is 0 Å². The molecule has 1 unspecified atom stereocenters. The monoisotopic (exact) mass is 352 g/mol. The second-order valence-electron chi connectivity index (χ2n) is 7.96. The number of hydrogen-bond acceptors (Lipinski definition) is 5. The van der Waals surface area contributed by atoms with Crippen molar-refractivity contribution in [3.8, 4) is 0 Å². The Balaban J connectivity index is 1.83. The van der Waals surface area contributed by atoms with Gasteiger partial charge in [0.05, 0.1) is 30.5 Å². The Morgan fingerprint density at radius 2 is 2.27 bits per heavy atom. The maximum absolute atomic E-state index is 13.1. The Hall–Kier alpha value is -1.98. The summed E-state index contributed by atoms with van der Waals surface area (Å²) in [5.74, 6) is -0.403. The molecule has 2 bridgehead atoms. The molecule has 136 valence electrons. The van der Waals surface area contributed by atoms with E-state index in [4.69, 9.17) is 9.73 Å². The van der Waals surface area contributed by atoms with Gasteiger partial charge in [-0.15, -0.1) is 0 Å². The topological polar surface area (TPSA) is 62.1 Å². The van der Waals surface area contributed by atoms with Gasteiger partial charge >= 0.3 is 5.97 Å². The number of carbonyl (C=O) groups excluding carboxylic acids is 1. The van der Waals surface area contributed by atoms with E-state index >= 15 is 0 Å². The van der Waals surface area contributed by atoms with Gasteiger partial charge in [0.15, 0.2) is 0 Å². The summed E-state index contributed by atoms with van der Waals surface area (Å²) in [6, 6.07) is 8.56. The van der Waals surface area contributed by atoms with Crippen LogP contribution in [0.3, 0.4) is 0 Å². The quantitative estimate of drug-likeness (QED) is 0.655.